The number of nitrogens with zero attached hydrogens (tertiary/aromatic N) is 4. The number of aromatic nitrogens is 2. The van der Waals surface area contributed by atoms with E-state index in [-0.39, 0.29) is 0 Å². The molecule has 2 aliphatic rings. The molecule has 8 heteroatoms. The number of nitrogen functional groups attached to an aromatic ring is 1. The third-order valence-corrected chi connectivity index (χ3v) is 6.24. The Bertz CT molecular complexity index is 1150. The molecule has 1 fully saturated rings. The largest absolute Gasteiger partial charge is 0.399 e. The van der Waals surface area contributed by atoms with Gasteiger partial charge in [-0.3, -0.25) is 0 Å². The van der Waals surface area contributed by atoms with E-state index in [2.05, 4.69) is 62.8 Å². The van der Waals surface area contributed by atoms with Crippen LogP contribution in [0.5, 0.6) is 0 Å². The summed E-state index contributed by atoms with van der Waals surface area (Å²) in [6, 6.07) is 16.1. The maximum absolute atomic E-state index is 5.98. The Balaban J connectivity index is 1.37. The number of hydrogen-bond donors (Lipinski definition) is 3. The van der Waals surface area contributed by atoms with Gasteiger partial charge in [-0.1, -0.05) is 12.1 Å². The van der Waals surface area contributed by atoms with Gasteiger partial charge >= 0.3 is 0 Å². The number of piperazine rings is 1. The Kier molecular flexibility index (Phi) is 6.60. The topological polar surface area (TPSA) is 91.6 Å². The first-order valence-electron chi connectivity index (χ1n) is 11.7. The maximum atomic E-state index is 5.98. The molecule has 8 nitrogen and oxygen atoms in total. The molecule has 0 aliphatic carbocycles. The molecule has 0 radical (unpaired) electrons. The second-order valence-electron chi connectivity index (χ2n) is 8.72. The summed E-state index contributed by atoms with van der Waals surface area (Å²) in [4.78, 5) is 14.2. The van der Waals surface area contributed by atoms with Crippen LogP contribution in [0, 0.1) is 0 Å². The van der Waals surface area contributed by atoms with E-state index in [9.17, 15) is 0 Å². The Morgan fingerprint density at radius 3 is 2.53 bits per heavy atom. The fraction of sp³-hybridized carbons (Fsp3) is 0.308. The summed E-state index contributed by atoms with van der Waals surface area (Å²) in [5.41, 5.74) is 11.9. The van der Waals surface area contributed by atoms with Crippen LogP contribution in [0.2, 0.25) is 0 Å². The third-order valence-electron chi connectivity index (χ3n) is 6.24. The van der Waals surface area contributed by atoms with E-state index < -0.39 is 0 Å². The SMILES string of the molecule is CN1CCN(c2ccc(Nc3ncc(C4=CCOCC4)c(Nc4cccc(N)c4)n3)cc2)CC1. The maximum Gasteiger partial charge on any atom is 0.229 e. The molecule has 3 heterocycles. The van der Waals surface area contributed by atoms with Gasteiger partial charge in [-0.05, 0) is 61.5 Å². The van der Waals surface area contributed by atoms with Gasteiger partial charge in [-0.15, -0.1) is 0 Å². The monoisotopic (exact) mass is 457 g/mol. The van der Waals surface area contributed by atoms with Gasteiger partial charge in [0.15, 0.2) is 0 Å². The molecule has 34 heavy (non-hydrogen) atoms. The van der Waals surface area contributed by atoms with Crippen molar-refractivity contribution in [1.82, 2.24) is 14.9 Å². The van der Waals surface area contributed by atoms with E-state index in [1.165, 1.54) is 11.3 Å². The van der Waals surface area contributed by atoms with Crippen molar-refractivity contribution < 1.29 is 4.74 Å². The van der Waals surface area contributed by atoms with Gasteiger partial charge in [-0.25, -0.2) is 4.98 Å². The van der Waals surface area contributed by atoms with Crippen LogP contribution < -0.4 is 21.3 Å². The summed E-state index contributed by atoms with van der Waals surface area (Å²) in [6.07, 6.45) is 4.80. The van der Waals surface area contributed by atoms with Gasteiger partial charge < -0.3 is 30.9 Å². The molecular formula is C26H31N7O. The number of benzene rings is 2. The number of hydrogen-bond acceptors (Lipinski definition) is 8. The number of likely N-dealkylation sites (N-methyl/N-ethyl adjacent to an activating group) is 1. The normalized spacial score (nSPS) is 16.7. The number of anilines is 6. The first-order chi connectivity index (χ1) is 16.6. The van der Waals surface area contributed by atoms with E-state index in [1.54, 1.807) is 0 Å². The smallest absolute Gasteiger partial charge is 0.229 e. The summed E-state index contributed by atoms with van der Waals surface area (Å²) < 4.78 is 5.48. The van der Waals surface area contributed by atoms with Crippen LogP contribution in [0.1, 0.15) is 12.0 Å². The predicted molar refractivity (Wildman–Crippen MR) is 139 cm³/mol. The van der Waals surface area contributed by atoms with E-state index in [0.29, 0.717) is 24.8 Å². The number of nitrogens with two attached hydrogens (primary N) is 1. The Hall–Kier alpha value is -3.62. The van der Waals surface area contributed by atoms with Crippen molar-refractivity contribution in [3.05, 3.63) is 66.4 Å². The molecule has 0 atom stereocenters. The molecule has 2 aliphatic heterocycles. The molecule has 0 saturated carbocycles. The highest BCUT2D eigenvalue weighted by Gasteiger charge is 2.16. The highest BCUT2D eigenvalue weighted by atomic mass is 16.5. The second-order valence-corrected chi connectivity index (χ2v) is 8.72. The minimum absolute atomic E-state index is 0.537. The molecule has 1 saturated heterocycles. The molecule has 0 unspecified atom stereocenters. The number of ether oxygens (including phenoxy) is 1. The van der Waals surface area contributed by atoms with Gasteiger partial charge in [0.05, 0.1) is 13.2 Å². The van der Waals surface area contributed by atoms with Gasteiger partial charge in [0.25, 0.3) is 0 Å². The van der Waals surface area contributed by atoms with E-state index >= 15 is 0 Å². The molecule has 176 valence electrons. The molecular weight excluding hydrogens is 426 g/mol. The lowest BCUT2D eigenvalue weighted by molar-refractivity contribution is 0.161. The van der Waals surface area contributed by atoms with Gasteiger partial charge in [0.1, 0.15) is 5.82 Å². The van der Waals surface area contributed by atoms with Crippen LogP contribution in [0.3, 0.4) is 0 Å². The average molecular weight is 458 g/mol. The lowest BCUT2D eigenvalue weighted by Gasteiger charge is -2.34. The molecule has 5 rings (SSSR count). The molecule has 0 spiro atoms. The van der Waals surface area contributed by atoms with Gasteiger partial charge in [0, 0.05) is 60.7 Å². The number of nitrogens with one attached hydrogen (secondary N) is 2. The zero-order valence-electron chi connectivity index (χ0n) is 19.5. The zero-order chi connectivity index (χ0) is 23.3. The van der Waals surface area contributed by atoms with Crippen LogP contribution in [0.15, 0.2) is 60.8 Å². The second kappa shape index (κ2) is 10.1. The Morgan fingerprint density at radius 1 is 0.971 bits per heavy atom. The Labute approximate surface area is 200 Å². The van der Waals surface area contributed by atoms with E-state index in [0.717, 1.165) is 55.4 Å². The van der Waals surface area contributed by atoms with Crippen molar-refractivity contribution >= 4 is 40.1 Å². The summed E-state index contributed by atoms with van der Waals surface area (Å²) in [5.74, 6) is 1.28. The van der Waals surface area contributed by atoms with Crippen LogP contribution in [-0.4, -0.2) is 61.3 Å². The van der Waals surface area contributed by atoms with Crippen LogP contribution in [0.4, 0.5) is 34.5 Å². The average Bonchev–Trinajstić information content (AvgIpc) is 2.86. The summed E-state index contributed by atoms with van der Waals surface area (Å²) >= 11 is 0. The highest BCUT2D eigenvalue weighted by molar-refractivity contribution is 5.78. The lowest BCUT2D eigenvalue weighted by atomic mass is 10.0. The Morgan fingerprint density at radius 2 is 1.79 bits per heavy atom. The van der Waals surface area contributed by atoms with Crippen LogP contribution >= 0.6 is 0 Å². The molecule has 2 aromatic carbocycles. The van der Waals surface area contributed by atoms with Crippen LogP contribution in [0.25, 0.3) is 5.57 Å². The quantitative estimate of drug-likeness (QED) is 0.477. The zero-order valence-corrected chi connectivity index (χ0v) is 19.5. The van der Waals surface area contributed by atoms with E-state index in [1.807, 2.05) is 30.5 Å². The van der Waals surface area contributed by atoms with Crippen molar-refractivity contribution in [1.29, 1.82) is 0 Å². The fourth-order valence-corrected chi connectivity index (χ4v) is 4.25. The van der Waals surface area contributed by atoms with Gasteiger partial charge in [-0.2, -0.15) is 4.98 Å². The minimum Gasteiger partial charge on any atom is -0.399 e. The van der Waals surface area contributed by atoms with E-state index in [4.69, 9.17) is 15.5 Å². The molecule has 0 bridgehead atoms. The highest BCUT2D eigenvalue weighted by Crippen LogP contribution is 2.30. The molecule has 3 aromatic rings. The van der Waals surface area contributed by atoms with Crippen molar-refractivity contribution in [2.75, 3.05) is 67.7 Å². The molecule has 1 aromatic heterocycles. The van der Waals surface area contributed by atoms with Crippen molar-refractivity contribution in [3.8, 4) is 0 Å². The standard InChI is InChI=1S/C26H31N7O/c1-32-11-13-33(14-12-32)23-7-5-21(6-8-23)30-26-28-18-24(19-9-15-34-16-10-19)25(31-26)29-22-4-2-3-20(27)17-22/h2-9,17-18H,10-16,27H2,1H3,(H2,28,29,30,31). The minimum atomic E-state index is 0.537. The third kappa shape index (κ3) is 5.30. The van der Waals surface area contributed by atoms with Crippen molar-refractivity contribution in [3.63, 3.8) is 0 Å². The fourth-order valence-electron chi connectivity index (χ4n) is 4.25. The van der Waals surface area contributed by atoms with Crippen molar-refractivity contribution in [2.24, 2.45) is 0 Å². The summed E-state index contributed by atoms with van der Waals surface area (Å²) in [6.45, 7) is 5.58. The first-order valence-corrected chi connectivity index (χ1v) is 11.7. The van der Waals surface area contributed by atoms with Crippen molar-refractivity contribution in [2.45, 2.75) is 6.42 Å². The summed E-state index contributed by atoms with van der Waals surface area (Å²) in [5, 5.41) is 6.78. The van der Waals surface area contributed by atoms with Gasteiger partial charge in [0.2, 0.25) is 5.95 Å². The number of rotatable bonds is 6. The first kappa shape index (κ1) is 22.2. The molecule has 4 N–H and O–H groups in total. The summed E-state index contributed by atoms with van der Waals surface area (Å²) in [7, 11) is 2.17. The predicted octanol–water partition coefficient (Wildman–Crippen LogP) is 4.10. The van der Waals surface area contributed by atoms with Crippen LogP contribution in [-0.2, 0) is 4.74 Å². The lowest BCUT2D eigenvalue weighted by Crippen LogP contribution is -2.44. The molecule has 0 amide bonds.